The summed E-state index contributed by atoms with van der Waals surface area (Å²) in [5, 5.41) is 11.6. The first-order valence-electron chi connectivity index (χ1n) is 10.9. The quantitative estimate of drug-likeness (QED) is 0.738. The maximum atomic E-state index is 13.5. The van der Waals surface area contributed by atoms with Gasteiger partial charge in [-0.1, -0.05) is 42.5 Å². The Balaban J connectivity index is 1.57. The fourth-order valence-corrected chi connectivity index (χ4v) is 5.39. The van der Waals surface area contributed by atoms with Crippen LogP contribution in [0.5, 0.6) is 0 Å². The van der Waals surface area contributed by atoms with Crippen molar-refractivity contribution >= 4 is 12.0 Å². The summed E-state index contributed by atoms with van der Waals surface area (Å²) in [7, 11) is 1.33. The summed E-state index contributed by atoms with van der Waals surface area (Å²) in [4.78, 5) is 29.0. The van der Waals surface area contributed by atoms with E-state index in [9.17, 15) is 14.7 Å². The number of benzene rings is 1. The van der Waals surface area contributed by atoms with Crippen LogP contribution in [0.15, 0.2) is 66.9 Å². The number of aliphatic hydroxyl groups is 1. The van der Waals surface area contributed by atoms with Crippen LogP contribution in [-0.4, -0.2) is 58.2 Å². The highest BCUT2D eigenvalue weighted by molar-refractivity contribution is 5.97. The highest BCUT2D eigenvalue weighted by Crippen LogP contribution is 2.46. The SMILES string of the molecule is C=CCC1C=CC(C(=O)N2CC[C@H]3CC[C@](O)(Cc4ccccc4)[C@H]32)=CN1C(=O)OC. The van der Waals surface area contributed by atoms with Crippen LogP contribution < -0.4 is 0 Å². The molecule has 31 heavy (non-hydrogen) atoms. The third-order valence-electron chi connectivity index (χ3n) is 6.81. The first-order valence-corrected chi connectivity index (χ1v) is 10.9. The Morgan fingerprint density at radius 1 is 1.29 bits per heavy atom. The minimum Gasteiger partial charge on any atom is -0.452 e. The second kappa shape index (κ2) is 8.71. The first-order chi connectivity index (χ1) is 15.0. The van der Waals surface area contributed by atoms with Crippen LogP contribution in [0.2, 0.25) is 0 Å². The minimum absolute atomic E-state index is 0.150. The Morgan fingerprint density at radius 2 is 2.06 bits per heavy atom. The summed E-state index contributed by atoms with van der Waals surface area (Å²) in [6, 6.07) is 9.51. The third-order valence-corrected chi connectivity index (χ3v) is 6.81. The number of carbonyl (C=O) groups is 2. The Kier molecular flexibility index (Phi) is 6.01. The normalized spacial score (nSPS) is 29.5. The van der Waals surface area contributed by atoms with E-state index in [1.165, 1.54) is 12.0 Å². The van der Waals surface area contributed by atoms with Crippen molar-refractivity contribution in [2.75, 3.05) is 13.7 Å². The highest BCUT2D eigenvalue weighted by Gasteiger charge is 2.54. The molecule has 0 radical (unpaired) electrons. The molecule has 1 aliphatic carbocycles. The molecule has 1 unspecified atom stereocenters. The van der Waals surface area contributed by atoms with E-state index in [-0.39, 0.29) is 18.0 Å². The van der Waals surface area contributed by atoms with Crippen LogP contribution in [-0.2, 0) is 16.0 Å². The number of ether oxygens (including phenoxy) is 1. The van der Waals surface area contributed by atoms with Gasteiger partial charge >= 0.3 is 6.09 Å². The lowest BCUT2D eigenvalue weighted by Gasteiger charge is -2.37. The van der Waals surface area contributed by atoms with Gasteiger partial charge in [0.1, 0.15) is 0 Å². The van der Waals surface area contributed by atoms with E-state index in [0.717, 1.165) is 18.4 Å². The molecule has 2 amide bonds. The number of hydrogen-bond acceptors (Lipinski definition) is 4. The molecule has 0 spiro atoms. The van der Waals surface area contributed by atoms with Gasteiger partial charge in [0.15, 0.2) is 0 Å². The van der Waals surface area contributed by atoms with E-state index in [0.29, 0.717) is 37.3 Å². The van der Waals surface area contributed by atoms with Crippen LogP contribution in [0, 0.1) is 5.92 Å². The summed E-state index contributed by atoms with van der Waals surface area (Å²) in [6.45, 7) is 4.36. The highest BCUT2D eigenvalue weighted by atomic mass is 16.5. The zero-order valence-electron chi connectivity index (χ0n) is 17.9. The largest absolute Gasteiger partial charge is 0.452 e. The maximum absolute atomic E-state index is 13.5. The fourth-order valence-electron chi connectivity index (χ4n) is 5.39. The zero-order chi connectivity index (χ0) is 22.0. The Labute approximate surface area is 183 Å². The molecule has 0 aromatic heterocycles. The van der Waals surface area contributed by atoms with Crippen LogP contribution in [0.25, 0.3) is 0 Å². The maximum Gasteiger partial charge on any atom is 0.414 e. The van der Waals surface area contributed by atoms with Crippen molar-refractivity contribution in [2.24, 2.45) is 5.92 Å². The number of rotatable bonds is 5. The van der Waals surface area contributed by atoms with E-state index in [1.54, 1.807) is 18.4 Å². The summed E-state index contributed by atoms with van der Waals surface area (Å²) in [6.07, 6.45) is 10.00. The molecule has 3 aliphatic rings. The lowest BCUT2D eigenvalue weighted by atomic mass is 9.87. The monoisotopic (exact) mass is 422 g/mol. The molecule has 1 saturated heterocycles. The van der Waals surface area contributed by atoms with Crippen molar-refractivity contribution in [3.05, 3.63) is 72.5 Å². The Hall–Kier alpha value is -2.86. The van der Waals surface area contributed by atoms with E-state index >= 15 is 0 Å². The molecule has 1 aromatic rings. The second-order valence-electron chi connectivity index (χ2n) is 8.71. The molecule has 2 fully saturated rings. The van der Waals surface area contributed by atoms with Crippen molar-refractivity contribution in [2.45, 2.75) is 49.8 Å². The van der Waals surface area contributed by atoms with E-state index in [4.69, 9.17) is 4.74 Å². The number of amides is 2. The molecule has 0 bridgehead atoms. The number of nitrogens with zero attached hydrogens (tertiary/aromatic N) is 2. The molecule has 2 heterocycles. The molecule has 4 atom stereocenters. The molecular weight excluding hydrogens is 392 g/mol. The summed E-state index contributed by atoms with van der Waals surface area (Å²) in [5.41, 5.74) is 0.566. The zero-order valence-corrected chi connectivity index (χ0v) is 17.9. The molecule has 1 N–H and O–H groups in total. The molecule has 4 rings (SSSR count). The van der Waals surface area contributed by atoms with Crippen LogP contribution in [0.3, 0.4) is 0 Å². The van der Waals surface area contributed by atoms with Gasteiger partial charge in [-0.2, -0.15) is 0 Å². The van der Waals surface area contributed by atoms with Crippen LogP contribution >= 0.6 is 0 Å². The Morgan fingerprint density at radius 3 is 2.77 bits per heavy atom. The molecule has 1 saturated carbocycles. The van der Waals surface area contributed by atoms with Crippen LogP contribution in [0.4, 0.5) is 4.79 Å². The van der Waals surface area contributed by atoms with Gasteiger partial charge in [-0.3, -0.25) is 9.69 Å². The van der Waals surface area contributed by atoms with Gasteiger partial charge in [-0.25, -0.2) is 4.79 Å². The molecule has 6 heteroatoms. The molecule has 1 aromatic carbocycles. The Bertz CT molecular complexity index is 909. The summed E-state index contributed by atoms with van der Waals surface area (Å²) < 4.78 is 4.90. The number of fused-ring (bicyclic) bond motifs is 1. The van der Waals surface area contributed by atoms with Crippen molar-refractivity contribution in [3.8, 4) is 0 Å². The standard InChI is InChI=1S/C25H30N2O4/c1-3-7-21-11-10-20(17-27(21)24(29)31-2)23(28)26-15-13-19-12-14-25(30,22(19)26)16-18-8-5-4-6-9-18/h3-6,8-11,17,19,21-22,30H,1,7,12-16H2,2H3/t19-,21?,22+,25+/m1/s1. The molecule has 6 nitrogen and oxygen atoms in total. The van der Waals surface area contributed by atoms with Gasteiger partial charge in [0.25, 0.3) is 5.91 Å². The topological polar surface area (TPSA) is 70.1 Å². The lowest BCUT2D eigenvalue weighted by molar-refractivity contribution is -0.133. The average molecular weight is 423 g/mol. The number of likely N-dealkylation sites (tertiary alicyclic amines) is 1. The smallest absolute Gasteiger partial charge is 0.414 e. The van der Waals surface area contributed by atoms with E-state index < -0.39 is 11.7 Å². The summed E-state index contributed by atoms with van der Waals surface area (Å²) >= 11 is 0. The average Bonchev–Trinajstić information content (AvgIpc) is 3.35. The number of hydrogen-bond donors (Lipinski definition) is 1. The molecule has 2 aliphatic heterocycles. The van der Waals surface area contributed by atoms with Crippen LogP contribution in [0.1, 0.15) is 31.2 Å². The summed E-state index contributed by atoms with van der Waals surface area (Å²) in [5.74, 6) is 0.152. The van der Waals surface area contributed by atoms with Crippen molar-refractivity contribution in [3.63, 3.8) is 0 Å². The third kappa shape index (κ3) is 4.04. The lowest BCUT2D eigenvalue weighted by Crippen LogP contribution is -2.52. The second-order valence-corrected chi connectivity index (χ2v) is 8.71. The van der Waals surface area contributed by atoms with Gasteiger partial charge < -0.3 is 14.7 Å². The van der Waals surface area contributed by atoms with Crippen molar-refractivity contribution < 1.29 is 19.4 Å². The van der Waals surface area contributed by atoms with Gasteiger partial charge in [0, 0.05) is 19.2 Å². The number of carbonyl (C=O) groups excluding carboxylic acids is 2. The van der Waals surface area contributed by atoms with Gasteiger partial charge in [-0.05, 0) is 43.2 Å². The van der Waals surface area contributed by atoms with E-state index in [2.05, 4.69) is 6.58 Å². The van der Waals surface area contributed by atoms with Crippen molar-refractivity contribution in [1.82, 2.24) is 9.80 Å². The fraction of sp³-hybridized carbons (Fsp3) is 0.440. The minimum atomic E-state index is -0.940. The van der Waals surface area contributed by atoms with E-state index in [1.807, 2.05) is 41.3 Å². The van der Waals surface area contributed by atoms with Gasteiger partial charge in [-0.15, -0.1) is 6.58 Å². The molecular formula is C25H30N2O4. The molecule has 164 valence electrons. The van der Waals surface area contributed by atoms with Gasteiger partial charge in [0.2, 0.25) is 0 Å². The first kappa shape index (κ1) is 21.4. The van der Waals surface area contributed by atoms with Crippen molar-refractivity contribution in [1.29, 1.82) is 0 Å². The van der Waals surface area contributed by atoms with Gasteiger partial charge in [0.05, 0.1) is 30.4 Å². The predicted molar refractivity (Wildman–Crippen MR) is 118 cm³/mol. The number of methoxy groups -OCH3 is 1. The predicted octanol–water partition coefficient (Wildman–Crippen LogP) is 3.44.